The summed E-state index contributed by atoms with van der Waals surface area (Å²) >= 11 is 0. The van der Waals surface area contributed by atoms with Crippen LogP contribution in [0.5, 0.6) is 23.0 Å². The SMILES string of the molecule is COc1cc(CCC(=O)C[C@H](O)CCc2ccc(OCNC3CCCCC3)c(OC)c2)ccc1O. The Balaban J connectivity index is 1.40. The zero-order valence-electron chi connectivity index (χ0n) is 20.9. The van der Waals surface area contributed by atoms with Crippen LogP contribution >= 0.6 is 0 Å². The number of ether oxygens (including phenoxy) is 3. The molecular formula is C28H39NO6. The van der Waals surface area contributed by atoms with E-state index in [0.29, 0.717) is 55.7 Å². The number of carbonyl (C=O) groups excluding carboxylic acids is 1. The highest BCUT2D eigenvalue weighted by atomic mass is 16.5. The number of aromatic hydroxyl groups is 1. The Hall–Kier alpha value is -2.77. The lowest BCUT2D eigenvalue weighted by Gasteiger charge is -2.23. The second-order valence-corrected chi connectivity index (χ2v) is 9.25. The number of hydrogen-bond donors (Lipinski definition) is 3. The molecule has 1 fully saturated rings. The molecule has 0 saturated heterocycles. The quantitative estimate of drug-likeness (QED) is 0.338. The predicted molar refractivity (Wildman–Crippen MR) is 135 cm³/mol. The largest absolute Gasteiger partial charge is 0.504 e. The molecule has 0 unspecified atom stereocenters. The highest BCUT2D eigenvalue weighted by molar-refractivity contribution is 5.79. The van der Waals surface area contributed by atoms with Gasteiger partial charge in [-0.3, -0.25) is 10.1 Å². The number of aryl methyl sites for hydroxylation is 2. The molecule has 2 aromatic carbocycles. The van der Waals surface area contributed by atoms with Crippen molar-refractivity contribution in [2.45, 2.75) is 76.4 Å². The molecule has 0 heterocycles. The van der Waals surface area contributed by atoms with Gasteiger partial charge in [-0.15, -0.1) is 0 Å². The molecule has 192 valence electrons. The lowest BCUT2D eigenvalue weighted by molar-refractivity contribution is -0.121. The molecule has 3 rings (SSSR count). The van der Waals surface area contributed by atoms with E-state index in [9.17, 15) is 15.0 Å². The molecule has 3 N–H and O–H groups in total. The van der Waals surface area contributed by atoms with E-state index in [1.54, 1.807) is 25.3 Å². The van der Waals surface area contributed by atoms with Crippen LogP contribution in [0, 0.1) is 0 Å². The van der Waals surface area contributed by atoms with Crippen molar-refractivity contribution in [2.75, 3.05) is 21.0 Å². The maximum Gasteiger partial charge on any atom is 0.163 e. The standard InChI is InChI=1S/C28H39NO6/c1-33-27-16-20(10-14-25(27)32)8-12-23(30)18-24(31)13-9-21-11-15-26(28(17-21)34-2)35-19-29-22-6-4-3-5-7-22/h10-11,14-17,22,24,29,31-32H,3-9,12-13,18-19H2,1-2H3/t24-/m1/s1. The van der Waals surface area contributed by atoms with Gasteiger partial charge in [0.05, 0.1) is 20.3 Å². The van der Waals surface area contributed by atoms with Crippen LogP contribution in [0.15, 0.2) is 36.4 Å². The van der Waals surface area contributed by atoms with Crippen molar-refractivity contribution in [1.29, 1.82) is 0 Å². The van der Waals surface area contributed by atoms with E-state index in [1.165, 1.54) is 39.2 Å². The molecule has 7 nitrogen and oxygen atoms in total. The van der Waals surface area contributed by atoms with E-state index >= 15 is 0 Å². The number of rotatable bonds is 14. The van der Waals surface area contributed by atoms with Crippen molar-refractivity contribution < 1.29 is 29.2 Å². The van der Waals surface area contributed by atoms with E-state index in [4.69, 9.17) is 14.2 Å². The molecule has 0 radical (unpaired) electrons. The van der Waals surface area contributed by atoms with Crippen molar-refractivity contribution in [3.05, 3.63) is 47.5 Å². The Morgan fingerprint density at radius 1 is 0.971 bits per heavy atom. The van der Waals surface area contributed by atoms with Gasteiger partial charge in [-0.2, -0.15) is 0 Å². The fourth-order valence-electron chi connectivity index (χ4n) is 4.49. The van der Waals surface area contributed by atoms with Crippen LogP contribution in [-0.4, -0.2) is 49.1 Å². The highest BCUT2D eigenvalue weighted by Gasteiger charge is 2.15. The number of ketones is 1. The average molecular weight is 486 g/mol. The summed E-state index contributed by atoms with van der Waals surface area (Å²) in [5, 5.41) is 23.5. The first-order valence-corrected chi connectivity index (χ1v) is 12.6. The monoisotopic (exact) mass is 485 g/mol. The number of aliphatic hydroxyl groups excluding tert-OH is 1. The third kappa shape index (κ3) is 8.75. The first-order chi connectivity index (χ1) is 17.0. The van der Waals surface area contributed by atoms with E-state index in [2.05, 4.69) is 5.32 Å². The Kier molecular flexibility index (Phi) is 10.7. The van der Waals surface area contributed by atoms with Crippen molar-refractivity contribution in [1.82, 2.24) is 5.32 Å². The van der Waals surface area contributed by atoms with Crippen molar-refractivity contribution in [3.8, 4) is 23.0 Å². The van der Waals surface area contributed by atoms with Crippen LogP contribution in [0.3, 0.4) is 0 Å². The van der Waals surface area contributed by atoms with Gasteiger partial charge in [0.25, 0.3) is 0 Å². The molecular weight excluding hydrogens is 446 g/mol. The Bertz CT molecular complexity index is 941. The summed E-state index contributed by atoms with van der Waals surface area (Å²) in [6, 6.07) is 11.4. The summed E-state index contributed by atoms with van der Waals surface area (Å²) in [4.78, 5) is 12.3. The molecule has 1 aliphatic carbocycles. The summed E-state index contributed by atoms with van der Waals surface area (Å²) in [6.07, 6.45) is 7.72. The van der Waals surface area contributed by atoms with Crippen molar-refractivity contribution in [3.63, 3.8) is 0 Å². The summed E-state index contributed by atoms with van der Waals surface area (Å²) in [5.74, 6) is 1.84. The number of aliphatic hydroxyl groups is 1. The van der Waals surface area contributed by atoms with Gasteiger partial charge in [0.15, 0.2) is 23.0 Å². The number of phenolic OH excluding ortho intramolecular Hbond substituents is 1. The Morgan fingerprint density at radius 2 is 1.66 bits per heavy atom. The zero-order chi connectivity index (χ0) is 25.0. The number of phenols is 1. The molecule has 0 aromatic heterocycles. The Labute approximate surface area is 208 Å². The molecule has 1 aliphatic rings. The minimum atomic E-state index is -0.696. The van der Waals surface area contributed by atoms with E-state index < -0.39 is 6.10 Å². The van der Waals surface area contributed by atoms with Crippen LogP contribution in [-0.2, 0) is 17.6 Å². The molecule has 0 spiro atoms. The second kappa shape index (κ2) is 14.0. The van der Waals surface area contributed by atoms with Gasteiger partial charge in [0, 0.05) is 18.9 Å². The summed E-state index contributed by atoms with van der Waals surface area (Å²) < 4.78 is 16.5. The number of benzene rings is 2. The molecule has 35 heavy (non-hydrogen) atoms. The molecule has 7 heteroatoms. The molecule has 1 saturated carbocycles. The fraction of sp³-hybridized carbons (Fsp3) is 0.536. The fourth-order valence-corrected chi connectivity index (χ4v) is 4.49. The molecule has 0 bridgehead atoms. The third-order valence-corrected chi connectivity index (χ3v) is 6.60. The van der Waals surface area contributed by atoms with E-state index in [1.807, 2.05) is 18.2 Å². The zero-order valence-corrected chi connectivity index (χ0v) is 20.9. The van der Waals surface area contributed by atoms with Crippen LogP contribution in [0.25, 0.3) is 0 Å². The normalized spacial score (nSPS) is 14.9. The first kappa shape index (κ1) is 26.8. The smallest absolute Gasteiger partial charge is 0.163 e. The minimum absolute atomic E-state index is 0.0105. The summed E-state index contributed by atoms with van der Waals surface area (Å²) in [6.45, 7) is 0.456. The molecule has 0 amide bonds. The maximum atomic E-state index is 12.3. The lowest BCUT2D eigenvalue weighted by Crippen LogP contribution is -2.33. The summed E-state index contributed by atoms with van der Waals surface area (Å²) in [5.41, 5.74) is 1.93. The van der Waals surface area contributed by atoms with Crippen LogP contribution < -0.4 is 19.5 Å². The van der Waals surface area contributed by atoms with Gasteiger partial charge in [-0.05, 0) is 67.5 Å². The van der Waals surface area contributed by atoms with Crippen LogP contribution in [0.1, 0.15) is 62.5 Å². The number of nitrogens with one attached hydrogen (secondary N) is 1. The van der Waals surface area contributed by atoms with Crippen LogP contribution in [0.2, 0.25) is 0 Å². The van der Waals surface area contributed by atoms with Crippen molar-refractivity contribution >= 4 is 5.78 Å². The first-order valence-electron chi connectivity index (χ1n) is 12.6. The number of carbonyl (C=O) groups is 1. The van der Waals surface area contributed by atoms with Gasteiger partial charge in [0.2, 0.25) is 0 Å². The summed E-state index contributed by atoms with van der Waals surface area (Å²) in [7, 11) is 3.11. The number of methoxy groups -OCH3 is 2. The molecule has 2 aromatic rings. The lowest BCUT2D eigenvalue weighted by atomic mass is 9.96. The number of hydrogen-bond acceptors (Lipinski definition) is 7. The van der Waals surface area contributed by atoms with E-state index in [0.717, 1.165) is 11.1 Å². The molecule has 1 atom stereocenters. The van der Waals surface area contributed by atoms with Gasteiger partial charge in [0.1, 0.15) is 12.5 Å². The van der Waals surface area contributed by atoms with Gasteiger partial charge in [-0.25, -0.2) is 0 Å². The Morgan fingerprint density at radius 3 is 2.40 bits per heavy atom. The van der Waals surface area contributed by atoms with Crippen LogP contribution in [0.4, 0.5) is 0 Å². The van der Waals surface area contributed by atoms with Gasteiger partial charge in [-0.1, -0.05) is 31.4 Å². The third-order valence-electron chi connectivity index (χ3n) is 6.60. The maximum absolute atomic E-state index is 12.3. The second-order valence-electron chi connectivity index (χ2n) is 9.25. The van der Waals surface area contributed by atoms with Crippen molar-refractivity contribution in [2.24, 2.45) is 0 Å². The number of Topliss-reactive ketones (excluding diaryl/α,β-unsaturated/α-hetero) is 1. The van der Waals surface area contributed by atoms with Gasteiger partial charge < -0.3 is 24.4 Å². The predicted octanol–water partition coefficient (Wildman–Crippen LogP) is 4.55. The highest BCUT2D eigenvalue weighted by Crippen LogP contribution is 2.29. The average Bonchev–Trinajstić information content (AvgIpc) is 2.88. The van der Waals surface area contributed by atoms with E-state index in [-0.39, 0.29) is 18.0 Å². The topological polar surface area (TPSA) is 97.3 Å². The minimum Gasteiger partial charge on any atom is -0.504 e. The van der Waals surface area contributed by atoms with Gasteiger partial charge >= 0.3 is 0 Å². The molecule has 0 aliphatic heterocycles.